The van der Waals surface area contributed by atoms with E-state index in [1.165, 1.54) is 12.1 Å². The fourth-order valence-corrected chi connectivity index (χ4v) is 5.53. The van der Waals surface area contributed by atoms with Gasteiger partial charge in [0.15, 0.2) is 30.5 Å². The van der Waals surface area contributed by atoms with Crippen molar-refractivity contribution in [3.63, 3.8) is 0 Å². The Morgan fingerprint density at radius 1 is 0.706 bits per heavy atom. The average molecular weight is 726 g/mol. The molecule has 0 spiro atoms. The van der Waals surface area contributed by atoms with Crippen LogP contribution in [0, 0.1) is 0 Å². The van der Waals surface area contributed by atoms with Crippen LogP contribution in [0.25, 0.3) is 0 Å². The Balaban J connectivity index is 2.28. The number of hydrogen-bond donors (Lipinski definition) is 2. The van der Waals surface area contributed by atoms with Gasteiger partial charge >= 0.3 is 41.8 Å². The molecule has 19 heteroatoms. The highest BCUT2D eigenvalue weighted by Crippen LogP contribution is 2.40. The number of aliphatic carboxylic acids is 1. The van der Waals surface area contributed by atoms with Gasteiger partial charge < -0.3 is 53.1 Å². The van der Waals surface area contributed by atoms with Crippen LogP contribution in [-0.4, -0.2) is 120 Å². The Labute approximate surface area is 291 Å². The van der Waals surface area contributed by atoms with Crippen molar-refractivity contribution in [2.45, 2.75) is 109 Å². The van der Waals surface area contributed by atoms with Crippen molar-refractivity contribution < 1.29 is 86.1 Å². The maximum Gasteiger partial charge on any atom is 0.337 e. The van der Waals surface area contributed by atoms with E-state index in [0.717, 1.165) is 48.5 Å². The molecule has 2 heterocycles. The molecule has 3 rings (SSSR count). The summed E-state index contributed by atoms with van der Waals surface area (Å²) in [5, 5.41) is 12.8. The Morgan fingerprint density at radius 3 is 1.75 bits per heavy atom. The molecule has 51 heavy (non-hydrogen) atoms. The number of benzene rings is 1. The highest BCUT2D eigenvalue weighted by atomic mass is 16.8. The number of amides is 1. The third-order valence-electron chi connectivity index (χ3n) is 7.32. The first-order valence-electron chi connectivity index (χ1n) is 15.4. The summed E-state index contributed by atoms with van der Waals surface area (Å²) in [6.07, 6.45) is -14.6. The molecule has 0 aliphatic carbocycles. The first kappa shape index (κ1) is 40.3. The molecule has 2 aliphatic heterocycles. The topological polar surface area (TPSA) is 252 Å². The summed E-state index contributed by atoms with van der Waals surface area (Å²) in [4.78, 5) is 99.5. The average Bonchev–Trinajstić information content (AvgIpc) is 3.01. The summed E-state index contributed by atoms with van der Waals surface area (Å²) in [5.74, 6) is -10.7. The minimum absolute atomic E-state index is 0.104. The van der Waals surface area contributed by atoms with Crippen molar-refractivity contribution in [3.05, 3.63) is 35.9 Å². The minimum atomic E-state index is -2.53. The molecule has 2 N–H and O–H groups in total. The Bertz CT molecular complexity index is 1500. The van der Waals surface area contributed by atoms with E-state index in [-0.39, 0.29) is 5.56 Å². The molecule has 0 saturated carbocycles. The van der Waals surface area contributed by atoms with Gasteiger partial charge in [-0.1, -0.05) is 18.2 Å². The van der Waals surface area contributed by atoms with E-state index in [9.17, 15) is 43.5 Å². The quantitative estimate of drug-likeness (QED) is 0.212. The van der Waals surface area contributed by atoms with Gasteiger partial charge in [0, 0.05) is 47.1 Å². The Hall–Kier alpha value is -5.14. The van der Waals surface area contributed by atoms with Gasteiger partial charge in [0.1, 0.15) is 24.9 Å². The predicted molar refractivity (Wildman–Crippen MR) is 163 cm³/mol. The van der Waals surface area contributed by atoms with Crippen LogP contribution in [0.3, 0.4) is 0 Å². The highest BCUT2D eigenvalue weighted by Gasteiger charge is 2.63. The van der Waals surface area contributed by atoms with Crippen molar-refractivity contribution >= 4 is 47.7 Å². The number of carboxylic acid groups (broad SMARTS) is 1. The Kier molecular flexibility index (Phi) is 13.6. The number of esters is 6. The van der Waals surface area contributed by atoms with Crippen LogP contribution in [-0.2, 0) is 76.2 Å². The summed E-state index contributed by atoms with van der Waals surface area (Å²) in [7, 11) is 0. The van der Waals surface area contributed by atoms with Crippen molar-refractivity contribution in [2.24, 2.45) is 0 Å². The van der Waals surface area contributed by atoms with Crippen LogP contribution in [0.1, 0.15) is 58.8 Å². The first-order valence-corrected chi connectivity index (χ1v) is 15.4. The second-order valence-corrected chi connectivity index (χ2v) is 11.5. The summed E-state index contributed by atoms with van der Waals surface area (Å²) < 4.78 is 50.2. The number of carboxylic acids is 1. The standard InChI is InChI=1S/C32H39NO18/c1-14(34)43-13-21-23(44-15(2)35)24(22(31(49-21)48-19(6)39)33-29(40)20-11-9-8-10-12-20)50-32(7)28(47-18(5)38)26(46-17(4)37)25(45-16(3)36)27(51-32)30(41)42/h8-12,21-28,31H,13H2,1-7H3,(H,33,40)(H,41,42)/t21-,22-,23+,24-,25+,26+,27+,28-,31?,32-/m1/s1. The fourth-order valence-electron chi connectivity index (χ4n) is 5.53. The Morgan fingerprint density at radius 2 is 1.24 bits per heavy atom. The van der Waals surface area contributed by atoms with E-state index in [1.54, 1.807) is 18.2 Å². The van der Waals surface area contributed by atoms with Crippen LogP contribution in [0.4, 0.5) is 0 Å². The zero-order valence-electron chi connectivity index (χ0n) is 28.7. The minimum Gasteiger partial charge on any atom is -0.479 e. The number of rotatable bonds is 12. The maximum absolute atomic E-state index is 13.5. The SMILES string of the molecule is CC(=O)OC[C@H]1OC(OC(C)=O)[C@H](NC(=O)c2ccccc2)[C@@H](O[C@]2(C)O[C@H](C(=O)O)[C@@H](OC(C)=O)[C@H](OC(C)=O)[C@H]2OC(C)=O)[C@H]1OC(C)=O. The molecule has 280 valence electrons. The molecular formula is C32H39NO18. The summed E-state index contributed by atoms with van der Waals surface area (Å²) in [6.45, 7) is 6.41. The largest absolute Gasteiger partial charge is 0.479 e. The second-order valence-electron chi connectivity index (χ2n) is 11.5. The van der Waals surface area contributed by atoms with Crippen LogP contribution >= 0.6 is 0 Å². The van der Waals surface area contributed by atoms with Gasteiger partial charge in [-0.2, -0.15) is 0 Å². The van der Waals surface area contributed by atoms with Crippen molar-refractivity contribution in [1.82, 2.24) is 5.32 Å². The molecule has 0 radical (unpaired) electrons. The molecule has 0 bridgehead atoms. The molecule has 2 fully saturated rings. The lowest BCUT2D eigenvalue weighted by molar-refractivity contribution is -0.382. The zero-order chi connectivity index (χ0) is 38.2. The van der Waals surface area contributed by atoms with Crippen molar-refractivity contribution in [1.29, 1.82) is 0 Å². The van der Waals surface area contributed by atoms with Gasteiger partial charge in [-0.05, 0) is 19.1 Å². The first-order chi connectivity index (χ1) is 23.8. The van der Waals surface area contributed by atoms with Crippen molar-refractivity contribution in [3.8, 4) is 0 Å². The number of hydrogen-bond acceptors (Lipinski definition) is 17. The van der Waals surface area contributed by atoms with Crippen molar-refractivity contribution in [2.75, 3.05) is 6.61 Å². The molecular weight excluding hydrogens is 686 g/mol. The third kappa shape index (κ3) is 10.7. The third-order valence-corrected chi connectivity index (χ3v) is 7.32. The molecule has 1 aromatic rings. The highest BCUT2D eigenvalue weighted by molar-refractivity contribution is 5.94. The van der Waals surface area contributed by atoms with E-state index in [2.05, 4.69) is 5.32 Å². The predicted octanol–water partition coefficient (Wildman–Crippen LogP) is -0.0523. The molecule has 2 saturated heterocycles. The number of nitrogens with one attached hydrogen (secondary N) is 1. The van der Waals surface area contributed by atoms with Crippen LogP contribution in [0.2, 0.25) is 0 Å². The molecule has 1 amide bonds. The lowest BCUT2D eigenvalue weighted by Gasteiger charge is -2.52. The van der Waals surface area contributed by atoms with E-state index in [0.29, 0.717) is 0 Å². The van der Waals surface area contributed by atoms with E-state index in [1.807, 2.05) is 0 Å². The van der Waals surface area contributed by atoms with Gasteiger partial charge in [-0.25, -0.2) is 4.79 Å². The maximum atomic E-state index is 13.5. The van der Waals surface area contributed by atoms with Crippen LogP contribution < -0.4 is 5.32 Å². The molecule has 1 aromatic carbocycles. The lowest BCUT2D eigenvalue weighted by atomic mass is 9.90. The van der Waals surface area contributed by atoms with E-state index < -0.39 is 115 Å². The smallest absolute Gasteiger partial charge is 0.337 e. The summed E-state index contributed by atoms with van der Waals surface area (Å²) in [5.41, 5.74) is 0.104. The number of carbonyl (C=O) groups excluding carboxylic acids is 7. The van der Waals surface area contributed by atoms with Crippen LogP contribution in [0.5, 0.6) is 0 Å². The van der Waals surface area contributed by atoms with E-state index in [4.69, 9.17) is 42.6 Å². The molecule has 0 aromatic heterocycles. The number of ether oxygens (including phenoxy) is 9. The van der Waals surface area contributed by atoms with E-state index >= 15 is 0 Å². The van der Waals surface area contributed by atoms with Gasteiger partial charge in [-0.15, -0.1) is 0 Å². The molecule has 2 aliphatic rings. The fraction of sp³-hybridized carbons (Fsp3) is 0.562. The molecule has 10 atom stereocenters. The zero-order valence-corrected chi connectivity index (χ0v) is 28.7. The molecule has 19 nitrogen and oxygen atoms in total. The second kappa shape index (κ2) is 17.2. The number of carbonyl (C=O) groups is 8. The lowest BCUT2D eigenvalue weighted by Crippen LogP contribution is -2.73. The molecule has 1 unspecified atom stereocenters. The van der Waals surface area contributed by atoms with Crippen LogP contribution in [0.15, 0.2) is 30.3 Å². The monoisotopic (exact) mass is 725 g/mol. The van der Waals surface area contributed by atoms with Gasteiger partial charge in [0.2, 0.25) is 12.1 Å². The van der Waals surface area contributed by atoms with Gasteiger partial charge in [-0.3, -0.25) is 33.6 Å². The van der Waals surface area contributed by atoms with Gasteiger partial charge in [0.05, 0.1) is 0 Å². The summed E-state index contributed by atoms with van der Waals surface area (Å²) in [6, 6.07) is 6.01. The summed E-state index contributed by atoms with van der Waals surface area (Å²) >= 11 is 0. The normalized spacial score (nSPS) is 30.1. The van der Waals surface area contributed by atoms with Gasteiger partial charge in [0.25, 0.3) is 5.91 Å².